The molecule has 0 spiro atoms. The maximum Gasteiger partial charge on any atom is 0.0779 e. The summed E-state index contributed by atoms with van der Waals surface area (Å²) < 4.78 is 7.14. The second kappa shape index (κ2) is 5.82. The molecule has 0 aromatic carbocycles. The Balaban J connectivity index is 2.76. The molecule has 15 heavy (non-hydrogen) atoms. The van der Waals surface area contributed by atoms with Gasteiger partial charge in [0.2, 0.25) is 0 Å². The Bertz CT molecular complexity index is 287. The highest BCUT2D eigenvalue weighted by Gasteiger charge is 2.21. The number of hydrogen-bond acceptors (Lipinski definition) is 4. The first-order chi connectivity index (χ1) is 7.20. The number of aromatic nitrogens is 3. The lowest BCUT2D eigenvalue weighted by atomic mass is 10.1. The predicted molar refractivity (Wildman–Crippen MR) is 58.5 cm³/mol. The second-order valence-electron chi connectivity index (χ2n) is 3.66. The van der Waals surface area contributed by atoms with Crippen LogP contribution in [-0.4, -0.2) is 34.8 Å². The van der Waals surface area contributed by atoms with Crippen molar-refractivity contribution in [3.8, 4) is 0 Å². The van der Waals surface area contributed by atoms with Crippen LogP contribution in [0.15, 0.2) is 6.20 Å². The lowest BCUT2D eigenvalue weighted by molar-refractivity contribution is 0.0803. The summed E-state index contributed by atoms with van der Waals surface area (Å²) in [6, 6.07) is 0.148. The molecule has 5 nitrogen and oxygen atoms in total. The van der Waals surface area contributed by atoms with E-state index in [9.17, 15) is 0 Å². The summed E-state index contributed by atoms with van der Waals surface area (Å²) in [5, 5.41) is 11.3. The second-order valence-corrected chi connectivity index (χ2v) is 3.66. The van der Waals surface area contributed by atoms with E-state index in [0.29, 0.717) is 0 Å². The normalized spacial score (nSPS) is 15.2. The van der Waals surface area contributed by atoms with Gasteiger partial charge in [0.05, 0.1) is 24.0 Å². The van der Waals surface area contributed by atoms with Gasteiger partial charge in [-0.25, -0.2) is 0 Å². The van der Waals surface area contributed by atoms with Crippen molar-refractivity contribution in [2.24, 2.45) is 7.05 Å². The number of nitrogens with zero attached hydrogens (tertiary/aromatic N) is 3. The van der Waals surface area contributed by atoms with E-state index in [1.165, 1.54) is 0 Å². The van der Waals surface area contributed by atoms with Gasteiger partial charge in [-0.1, -0.05) is 12.1 Å². The van der Waals surface area contributed by atoms with Crippen LogP contribution < -0.4 is 5.32 Å². The average molecular weight is 212 g/mol. The molecule has 0 bridgehead atoms. The highest BCUT2D eigenvalue weighted by Crippen LogP contribution is 2.16. The molecule has 1 rings (SSSR count). The Kier molecular flexibility index (Phi) is 4.71. The summed E-state index contributed by atoms with van der Waals surface area (Å²) >= 11 is 0. The summed E-state index contributed by atoms with van der Waals surface area (Å²) in [6.45, 7) is 5.15. The van der Waals surface area contributed by atoms with Crippen LogP contribution in [0.3, 0.4) is 0 Å². The van der Waals surface area contributed by atoms with E-state index in [2.05, 4.69) is 22.6 Å². The molecule has 86 valence electrons. The average Bonchev–Trinajstić information content (AvgIpc) is 2.65. The van der Waals surface area contributed by atoms with Crippen LogP contribution >= 0.6 is 0 Å². The summed E-state index contributed by atoms with van der Waals surface area (Å²) in [7, 11) is 3.61. The number of rotatable bonds is 6. The van der Waals surface area contributed by atoms with Gasteiger partial charge in [-0.3, -0.25) is 4.68 Å². The van der Waals surface area contributed by atoms with Crippen LogP contribution in [0.25, 0.3) is 0 Å². The van der Waals surface area contributed by atoms with Crippen LogP contribution in [-0.2, 0) is 11.8 Å². The summed E-state index contributed by atoms with van der Waals surface area (Å²) in [6.07, 6.45) is 2.98. The summed E-state index contributed by atoms with van der Waals surface area (Å²) in [4.78, 5) is 0. The standard InChI is InChI=1S/C10H20N4O/c1-5-6-11-10(8(2)15-4)9-7-12-13-14(9)3/h7-8,10-11H,5-6H2,1-4H3. The molecular weight excluding hydrogens is 192 g/mol. The maximum absolute atomic E-state index is 5.36. The van der Waals surface area contributed by atoms with Gasteiger partial charge in [-0.15, -0.1) is 5.10 Å². The van der Waals surface area contributed by atoms with E-state index >= 15 is 0 Å². The molecule has 2 atom stereocenters. The first kappa shape index (κ1) is 12.1. The molecule has 1 aromatic rings. The zero-order valence-electron chi connectivity index (χ0n) is 9.90. The molecular formula is C10H20N4O. The summed E-state index contributed by atoms with van der Waals surface area (Å²) in [5.74, 6) is 0. The number of methoxy groups -OCH3 is 1. The van der Waals surface area contributed by atoms with E-state index < -0.39 is 0 Å². The molecule has 0 saturated heterocycles. The van der Waals surface area contributed by atoms with Crippen molar-refractivity contribution in [3.05, 3.63) is 11.9 Å². The minimum atomic E-state index is 0.105. The molecule has 0 radical (unpaired) electrons. The molecule has 0 amide bonds. The van der Waals surface area contributed by atoms with E-state index in [4.69, 9.17) is 4.74 Å². The van der Waals surface area contributed by atoms with Crippen LogP contribution in [0, 0.1) is 0 Å². The predicted octanol–water partition coefficient (Wildman–Crippen LogP) is 0.891. The maximum atomic E-state index is 5.36. The van der Waals surface area contributed by atoms with Gasteiger partial charge in [0.1, 0.15) is 0 Å². The zero-order valence-corrected chi connectivity index (χ0v) is 9.90. The third kappa shape index (κ3) is 3.00. The quantitative estimate of drug-likeness (QED) is 0.761. The first-order valence-electron chi connectivity index (χ1n) is 5.31. The van der Waals surface area contributed by atoms with Gasteiger partial charge in [0, 0.05) is 14.2 Å². The third-order valence-corrected chi connectivity index (χ3v) is 2.52. The first-order valence-corrected chi connectivity index (χ1v) is 5.31. The molecule has 1 aromatic heterocycles. The molecule has 0 saturated carbocycles. The minimum Gasteiger partial charge on any atom is -0.380 e. The SMILES string of the molecule is CCCNC(c1cnnn1C)C(C)OC. The van der Waals surface area contributed by atoms with Crippen molar-refractivity contribution in [1.82, 2.24) is 20.3 Å². The van der Waals surface area contributed by atoms with E-state index in [1.807, 2.05) is 14.0 Å². The van der Waals surface area contributed by atoms with Gasteiger partial charge in [0.25, 0.3) is 0 Å². The molecule has 5 heteroatoms. The fourth-order valence-corrected chi connectivity index (χ4v) is 1.53. The highest BCUT2D eigenvalue weighted by molar-refractivity contribution is 5.04. The highest BCUT2D eigenvalue weighted by atomic mass is 16.5. The van der Waals surface area contributed by atoms with Gasteiger partial charge in [0.15, 0.2) is 0 Å². The minimum absolute atomic E-state index is 0.105. The van der Waals surface area contributed by atoms with Gasteiger partial charge in [-0.05, 0) is 19.9 Å². The van der Waals surface area contributed by atoms with Gasteiger partial charge in [-0.2, -0.15) is 0 Å². The number of aryl methyl sites for hydroxylation is 1. The molecule has 0 aliphatic rings. The summed E-state index contributed by atoms with van der Waals surface area (Å²) in [5.41, 5.74) is 1.05. The van der Waals surface area contributed by atoms with Crippen molar-refractivity contribution in [3.63, 3.8) is 0 Å². The van der Waals surface area contributed by atoms with Crippen molar-refractivity contribution in [1.29, 1.82) is 0 Å². The molecule has 2 unspecified atom stereocenters. The van der Waals surface area contributed by atoms with Gasteiger partial charge < -0.3 is 10.1 Å². The molecule has 1 heterocycles. The van der Waals surface area contributed by atoms with Crippen LogP contribution in [0.5, 0.6) is 0 Å². The molecule has 0 aliphatic carbocycles. The lowest BCUT2D eigenvalue weighted by Crippen LogP contribution is -2.33. The third-order valence-electron chi connectivity index (χ3n) is 2.52. The number of nitrogens with one attached hydrogen (secondary N) is 1. The smallest absolute Gasteiger partial charge is 0.0779 e. The van der Waals surface area contributed by atoms with Crippen molar-refractivity contribution < 1.29 is 4.74 Å². The Labute approximate surface area is 90.8 Å². The largest absolute Gasteiger partial charge is 0.380 e. The van der Waals surface area contributed by atoms with Crippen molar-refractivity contribution in [2.45, 2.75) is 32.4 Å². The molecule has 0 aliphatic heterocycles. The Morgan fingerprint density at radius 2 is 2.33 bits per heavy atom. The lowest BCUT2D eigenvalue weighted by Gasteiger charge is -2.23. The van der Waals surface area contributed by atoms with Gasteiger partial charge >= 0.3 is 0 Å². The van der Waals surface area contributed by atoms with Crippen molar-refractivity contribution in [2.75, 3.05) is 13.7 Å². The fraction of sp³-hybridized carbons (Fsp3) is 0.800. The fourth-order valence-electron chi connectivity index (χ4n) is 1.53. The monoisotopic (exact) mass is 212 g/mol. The zero-order chi connectivity index (χ0) is 11.3. The van der Waals surface area contributed by atoms with E-state index in [-0.39, 0.29) is 12.1 Å². The van der Waals surface area contributed by atoms with Crippen molar-refractivity contribution >= 4 is 0 Å². The van der Waals surface area contributed by atoms with Crippen LogP contribution in [0.2, 0.25) is 0 Å². The Morgan fingerprint density at radius 1 is 1.60 bits per heavy atom. The topological polar surface area (TPSA) is 52.0 Å². The number of hydrogen-bond donors (Lipinski definition) is 1. The Hall–Kier alpha value is -0.940. The van der Waals surface area contributed by atoms with E-state index in [1.54, 1.807) is 18.0 Å². The van der Waals surface area contributed by atoms with Crippen LogP contribution in [0.1, 0.15) is 32.0 Å². The van der Waals surface area contributed by atoms with E-state index in [0.717, 1.165) is 18.7 Å². The Morgan fingerprint density at radius 3 is 2.80 bits per heavy atom. The number of ether oxygens (including phenoxy) is 1. The van der Waals surface area contributed by atoms with Crippen LogP contribution in [0.4, 0.5) is 0 Å². The molecule has 0 fully saturated rings. The molecule has 1 N–H and O–H groups in total.